The second-order valence-electron chi connectivity index (χ2n) is 4.45. The van der Waals surface area contributed by atoms with Gasteiger partial charge in [0, 0.05) is 28.7 Å². The molecule has 0 amide bonds. The molecule has 1 heterocycles. The molecule has 3 heteroatoms. The van der Waals surface area contributed by atoms with E-state index in [1.54, 1.807) is 0 Å². The summed E-state index contributed by atoms with van der Waals surface area (Å²) in [7, 11) is 2.01. The van der Waals surface area contributed by atoms with Crippen molar-refractivity contribution in [1.82, 2.24) is 4.57 Å². The Labute approximate surface area is 116 Å². The molecule has 0 saturated carbocycles. The Hall–Kier alpha value is -2.24. The first-order chi connectivity index (χ1) is 9.20. The Balaban J connectivity index is 2.29. The van der Waals surface area contributed by atoms with E-state index in [2.05, 4.69) is 16.7 Å². The number of fused-ring (bicyclic) bond motifs is 1. The SMILES string of the molecule is Cn1c(-c2ccc(Cl)cc2)cc2c(C#N)cccc21. The molecular formula is C16H11ClN2. The average molecular weight is 267 g/mol. The van der Waals surface area contributed by atoms with Crippen LogP contribution in [-0.4, -0.2) is 4.57 Å². The summed E-state index contributed by atoms with van der Waals surface area (Å²) in [5.41, 5.74) is 3.93. The maximum Gasteiger partial charge on any atom is 0.0998 e. The largest absolute Gasteiger partial charge is 0.344 e. The van der Waals surface area contributed by atoms with E-state index in [1.807, 2.05) is 49.5 Å². The molecule has 0 atom stereocenters. The molecular weight excluding hydrogens is 256 g/mol. The van der Waals surface area contributed by atoms with Crippen molar-refractivity contribution in [2.45, 2.75) is 0 Å². The second-order valence-corrected chi connectivity index (χ2v) is 4.88. The van der Waals surface area contributed by atoms with E-state index in [4.69, 9.17) is 16.9 Å². The number of nitriles is 1. The van der Waals surface area contributed by atoms with Crippen LogP contribution in [0.3, 0.4) is 0 Å². The summed E-state index contributed by atoms with van der Waals surface area (Å²) in [5, 5.41) is 10.9. The third-order valence-electron chi connectivity index (χ3n) is 3.35. The minimum Gasteiger partial charge on any atom is -0.344 e. The quantitative estimate of drug-likeness (QED) is 0.643. The highest BCUT2D eigenvalue weighted by molar-refractivity contribution is 6.30. The number of halogens is 1. The van der Waals surface area contributed by atoms with Crippen molar-refractivity contribution in [2.75, 3.05) is 0 Å². The molecule has 0 unspecified atom stereocenters. The lowest BCUT2D eigenvalue weighted by molar-refractivity contribution is 0.978. The molecule has 0 N–H and O–H groups in total. The van der Waals surface area contributed by atoms with Gasteiger partial charge in [0.1, 0.15) is 0 Å². The maximum atomic E-state index is 9.17. The van der Waals surface area contributed by atoms with E-state index in [9.17, 15) is 0 Å². The van der Waals surface area contributed by atoms with Gasteiger partial charge in [0.2, 0.25) is 0 Å². The smallest absolute Gasteiger partial charge is 0.0998 e. The van der Waals surface area contributed by atoms with E-state index in [-0.39, 0.29) is 0 Å². The fourth-order valence-corrected chi connectivity index (χ4v) is 2.48. The molecule has 0 saturated heterocycles. The highest BCUT2D eigenvalue weighted by Crippen LogP contribution is 2.29. The lowest BCUT2D eigenvalue weighted by Crippen LogP contribution is -1.90. The molecule has 0 aliphatic rings. The molecule has 92 valence electrons. The highest BCUT2D eigenvalue weighted by Gasteiger charge is 2.10. The van der Waals surface area contributed by atoms with Gasteiger partial charge in [0.25, 0.3) is 0 Å². The molecule has 0 radical (unpaired) electrons. The van der Waals surface area contributed by atoms with Crippen LogP contribution in [0.15, 0.2) is 48.5 Å². The number of aromatic nitrogens is 1. The highest BCUT2D eigenvalue weighted by atomic mass is 35.5. The number of hydrogen-bond donors (Lipinski definition) is 0. The summed E-state index contributed by atoms with van der Waals surface area (Å²) in [6.07, 6.45) is 0. The van der Waals surface area contributed by atoms with E-state index in [1.165, 1.54) is 0 Å². The van der Waals surface area contributed by atoms with Crippen LogP contribution in [-0.2, 0) is 7.05 Å². The predicted octanol–water partition coefficient (Wildman–Crippen LogP) is 4.37. The second kappa shape index (κ2) is 4.46. The molecule has 0 aliphatic carbocycles. The molecule has 2 aromatic carbocycles. The summed E-state index contributed by atoms with van der Waals surface area (Å²) in [6, 6.07) is 17.8. The molecule has 2 nitrogen and oxygen atoms in total. The normalized spacial score (nSPS) is 10.6. The van der Waals surface area contributed by atoms with Gasteiger partial charge in [-0.1, -0.05) is 29.8 Å². The monoisotopic (exact) mass is 266 g/mol. The predicted molar refractivity (Wildman–Crippen MR) is 78.1 cm³/mol. The molecule has 0 fully saturated rings. The topological polar surface area (TPSA) is 28.7 Å². The minimum atomic E-state index is 0.702. The van der Waals surface area contributed by atoms with Crippen LogP contribution >= 0.6 is 11.6 Å². The third-order valence-corrected chi connectivity index (χ3v) is 3.60. The zero-order chi connectivity index (χ0) is 13.4. The molecule has 0 spiro atoms. The van der Waals surface area contributed by atoms with Crippen LogP contribution in [0.4, 0.5) is 0 Å². The van der Waals surface area contributed by atoms with Gasteiger partial charge in [-0.25, -0.2) is 0 Å². The number of rotatable bonds is 1. The van der Waals surface area contributed by atoms with Crippen LogP contribution in [0.2, 0.25) is 5.02 Å². The van der Waals surface area contributed by atoms with Gasteiger partial charge in [0.05, 0.1) is 11.6 Å². The summed E-state index contributed by atoms with van der Waals surface area (Å²) in [4.78, 5) is 0. The van der Waals surface area contributed by atoms with Crippen LogP contribution < -0.4 is 0 Å². The van der Waals surface area contributed by atoms with Crippen molar-refractivity contribution < 1.29 is 0 Å². The zero-order valence-electron chi connectivity index (χ0n) is 10.4. The van der Waals surface area contributed by atoms with Gasteiger partial charge in [-0.05, 0) is 35.9 Å². The summed E-state index contributed by atoms with van der Waals surface area (Å²) in [5.74, 6) is 0. The number of hydrogen-bond acceptors (Lipinski definition) is 1. The van der Waals surface area contributed by atoms with Crippen LogP contribution in [0.25, 0.3) is 22.2 Å². The third kappa shape index (κ3) is 1.89. The van der Waals surface area contributed by atoms with Gasteiger partial charge >= 0.3 is 0 Å². The van der Waals surface area contributed by atoms with Crippen molar-refractivity contribution in [2.24, 2.45) is 7.05 Å². The van der Waals surface area contributed by atoms with E-state index < -0.39 is 0 Å². The summed E-state index contributed by atoms with van der Waals surface area (Å²) in [6.45, 7) is 0. The van der Waals surface area contributed by atoms with Gasteiger partial charge in [-0.2, -0.15) is 5.26 Å². The fraction of sp³-hybridized carbons (Fsp3) is 0.0625. The fourth-order valence-electron chi connectivity index (χ4n) is 2.36. The zero-order valence-corrected chi connectivity index (χ0v) is 11.1. The number of aryl methyl sites for hydroxylation is 1. The van der Waals surface area contributed by atoms with Crippen LogP contribution in [0, 0.1) is 11.3 Å². The molecule has 19 heavy (non-hydrogen) atoms. The first-order valence-electron chi connectivity index (χ1n) is 5.95. The standard InChI is InChI=1S/C16H11ClN2/c1-19-15-4-2-3-12(10-18)14(15)9-16(19)11-5-7-13(17)8-6-11/h2-9H,1H3. The Kier molecular flexibility index (Phi) is 2.77. The lowest BCUT2D eigenvalue weighted by atomic mass is 10.1. The lowest BCUT2D eigenvalue weighted by Gasteiger charge is -2.04. The maximum absolute atomic E-state index is 9.17. The van der Waals surface area contributed by atoms with E-state index >= 15 is 0 Å². The summed E-state index contributed by atoms with van der Waals surface area (Å²) >= 11 is 5.92. The number of benzene rings is 2. The van der Waals surface area contributed by atoms with Crippen molar-refractivity contribution in [1.29, 1.82) is 5.26 Å². The molecule has 3 aromatic rings. The average Bonchev–Trinajstić information content (AvgIpc) is 2.77. The van der Waals surface area contributed by atoms with Gasteiger partial charge in [-0.3, -0.25) is 0 Å². The Bertz CT molecular complexity index is 792. The first kappa shape index (κ1) is 11.8. The summed E-state index contributed by atoms with van der Waals surface area (Å²) < 4.78 is 2.10. The van der Waals surface area contributed by atoms with Crippen molar-refractivity contribution in [3.63, 3.8) is 0 Å². The van der Waals surface area contributed by atoms with E-state index in [0.29, 0.717) is 5.56 Å². The van der Waals surface area contributed by atoms with Crippen molar-refractivity contribution >= 4 is 22.5 Å². The van der Waals surface area contributed by atoms with Crippen molar-refractivity contribution in [3.8, 4) is 17.3 Å². The first-order valence-corrected chi connectivity index (χ1v) is 6.33. The minimum absolute atomic E-state index is 0.702. The Morgan fingerprint density at radius 2 is 1.84 bits per heavy atom. The van der Waals surface area contributed by atoms with Gasteiger partial charge in [-0.15, -0.1) is 0 Å². The van der Waals surface area contributed by atoms with Gasteiger partial charge < -0.3 is 4.57 Å². The molecule has 3 rings (SSSR count). The van der Waals surface area contributed by atoms with Crippen LogP contribution in [0.1, 0.15) is 5.56 Å². The number of nitrogens with zero attached hydrogens (tertiary/aromatic N) is 2. The molecule has 1 aromatic heterocycles. The Morgan fingerprint density at radius 1 is 1.11 bits per heavy atom. The molecule has 0 bridgehead atoms. The van der Waals surface area contributed by atoms with Crippen molar-refractivity contribution in [3.05, 3.63) is 59.1 Å². The van der Waals surface area contributed by atoms with E-state index in [0.717, 1.165) is 27.2 Å². The van der Waals surface area contributed by atoms with Crippen LogP contribution in [0.5, 0.6) is 0 Å². The molecule has 0 aliphatic heterocycles. The van der Waals surface area contributed by atoms with Gasteiger partial charge in [0.15, 0.2) is 0 Å². The Morgan fingerprint density at radius 3 is 2.53 bits per heavy atom.